The van der Waals surface area contributed by atoms with Gasteiger partial charge in [0, 0.05) is 39.1 Å². The molecule has 9 heteroatoms. The summed E-state index contributed by atoms with van der Waals surface area (Å²) in [6.45, 7) is 0.855. The monoisotopic (exact) mass is 438 g/mol. The van der Waals surface area contributed by atoms with Gasteiger partial charge in [0.15, 0.2) is 0 Å². The molecule has 4 rings (SSSR count). The number of benzene rings is 1. The second-order valence-corrected chi connectivity index (χ2v) is 8.65. The van der Waals surface area contributed by atoms with Crippen LogP contribution in [0.2, 0.25) is 0 Å². The maximum absolute atomic E-state index is 13.4. The molecule has 3 fully saturated rings. The minimum Gasteiger partial charge on any atom is -0.380 e. The summed E-state index contributed by atoms with van der Waals surface area (Å²) in [6.07, 6.45) is -2.42. The van der Waals surface area contributed by atoms with Crippen molar-refractivity contribution < 1.29 is 32.3 Å². The quantitative estimate of drug-likeness (QED) is 0.663. The summed E-state index contributed by atoms with van der Waals surface area (Å²) < 4.78 is 45.4. The number of alkyl halides is 3. The zero-order valence-electron chi connectivity index (χ0n) is 17.3. The van der Waals surface area contributed by atoms with Crippen molar-refractivity contribution in [2.24, 2.45) is 0 Å². The molecule has 1 aliphatic carbocycles. The number of halogens is 3. The van der Waals surface area contributed by atoms with E-state index in [1.807, 2.05) is 0 Å². The van der Waals surface area contributed by atoms with E-state index in [2.05, 4.69) is 0 Å². The summed E-state index contributed by atoms with van der Waals surface area (Å²) >= 11 is 0. The average molecular weight is 438 g/mol. The Bertz CT molecular complexity index is 899. The highest BCUT2D eigenvalue weighted by Gasteiger charge is 2.57. The van der Waals surface area contributed by atoms with Crippen molar-refractivity contribution >= 4 is 17.7 Å². The van der Waals surface area contributed by atoms with Crippen molar-refractivity contribution in [2.45, 2.75) is 62.3 Å². The molecule has 3 aliphatic rings. The highest BCUT2D eigenvalue weighted by molar-refractivity contribution is 6.11. The molecule has 0 N–H and O–H groups in total. The molecule has 31 heavy (non-hydrogen) atoms. The molecule has 1 aromatic rings. The largest absolute Gasteiger partial charge is 0.416 e. The average Bonchev–Trinajstić information content (AvgIpc) is 3.54. The second kappa shape index (κ2) is 7.93. The maximum atomic E-state index is 13.4. The first-order valence-electron chi connectivity index (χ1n) is 10.5. The number of carbonyl (C=O) groups is 3. The second-order valence-electron chi connectivity index (χ2n) is 8.65. The molecule has 3 amide bonds. The number of carbonyl (C=O) groups excluding carboxylic acids is 3. The Kier molecular flexibility index (Phi) is 5.57. The first-order chi connectivity index (χ1) is 14.7. The van der Waals surface area contributed by atoms with E-state index in [4.69, 9.17) is 4.74 Å². The Balaban J connectivity index is 1.70. The van der Waals surface area contributed by atoms with Crippen LogP contribution >= 0.6 is 0 Å². The van der Waals surface area contributed by atoms with Gasteiger partial charge in [0.2, 0.25) is 17.7 Å². The topological polar surface area (TPSA) is 66.9 Å². The molecule has 0 aromatic heterocycles. The normalized spacial score (nSPS) is 27.2. The Morgan fingerprint density at radius 1 is 1.23 bits per heavy atom. The predicted octanol–water partition coefficient (Wildman–Crippen LogP) is 2.89. The molecule has 2 saturated heterocycles. The third kappa shape index (κ3) is 4.07. The minimum absolute atomic E-state index is 0.0671. The lowest BCUT2D eigenvalue weighted by molar-refractivity contribution is -0.144. The van der Waals surface area contributed by atoms with Crippen LogP contribution in [0.5, 0.6) is 0 Å². The Morgan fingerprint density at radius 3 is 2.61 bits per heavy atom. The molecule has 6 nitrogen and oxygen atoms in total. The van der Waals surface area contributed by atoms with Crippen LogP contribution in [0, 0.1) is 0 Å². The van der Waals surface area contributed by atoms with Gasteiger partial charge in [0.25, 0.3) is 0 Å². The number of piperidine rings is 1. The van der Waals surface area contributed by atoms with Crippen LogP contribution in [0.4, 0.5) is 13.2 Å². The predicted molar refractivity (Wildman–Crippen MR) is 104 cm³/mol. The Hall–Kier alpha value is -2.42. The SMILES string of the molecule is CO[C@H]1CCCN(C(=O)C[C@@]2(c3cccc(C(F)(F)F)c3)CC(=O)N(C3CC3)C2=O)C1. The van der Waals surface area contributed by atoms with Gasteiger partial charge in [-0.15, -0.1) is 0 Å². The molecule has 0 unspecified atom stereocenters. The smallest absolute Gasteiger partial charge is 0.380 e. The molecule has 168 valence electrons. The molecule has 1 aromatic carbocycles. The summed E-state index contributed by atoms with van der Waals surface area (Å²) in [6, 6.07) is 4.26. The molecular formula is C22H25F3N2O4. The molecular weight excluding hydrogens is 413 g/mol. The molecule has 0 spiro atoms. The fraction of sp³-hybridized carbons (Fsp3) is 0.591. The van der Waals surface area contributed by atoms with E-state index in [0.29, 0.717) is 25.9 Å². The number of rotatable bonds is 5. The van der Waals surface area contributed by atoms with Gasteiger partial charge in [-0.2, -0.15) is 13.2 Å². The van der Waals surface area contributed by atoms with Crippen molar-refractivity contribution in [2.75, 3.05) is 20.2 Å². The lowest BCUT2D eigenvalue weighted by Gasteiger charge is -2.35. The van der Waals surface area contributed by atoms with E-state index in [1.54, 1.807) is 12.0 Å². The molecule has 0 radical (unpaired) electrons. The van der Waals surface area contributed by atoms with Crippen molar-refractivity contribution in [1.29, 1.82) is 0 Å². The first kappa shape index (κ1) is 21.8. The number of hydrogen-bond donors (Lipinski definition) is 0. The number of nitrogens with zero attached hydrogens (tertiary/aromatic N) is 2. The standard InChI is InChI=1S/C22H25F3N2O4/c1-31-17-6-3-9-26(13-17)18(28)11-21(12-19(29)27(20(21)30)16-7-8-16)14-4-2-5-15(10-14)22(23,24)25/h2,4-5,10,16-17H,3,6-9,11-13H2,1H3/t17-,21-/m0/s1. The van der Waals surface area contributed by atoms with Crippen molar-refractivity contribution in [3.05, 3.63) is 35.4 Å². The lowest BCUT2D eigenvalue weighted by atomic mass is 9.75. The van der Waals surface area contributed by atoms with Gasteiger partial charge in [0.1, 0.15) is 0 Å². The van der Waals surface area contributed by atoms with Crippen molar-refractivity contribution in [1.82, 2.24) is 9.80 Å². The van der Waals surface area contributed by atoms with Gasteiger partial charge in [-0.05, 0) is 37.3 Å². The minimum atomic E-state index is -4.60. The Labute approximate surface area is 178 Å². The molecule has 2 aliphatic heterocycles. The van der Waals surface area contributed by atoms with Crippen LogP contribution in [-0.2, 0) is 30.7 Å². The third-order valence-electron chi connectivity index (χ3n) is 6.52. The van der Waals surface area contributed by atoms with Gasteiger partial charge < -0.3 is 9.64 Å². The molecule has 2 heterocycles. The summed E-state index contributed by atoms with van der Waals surface area (Å²) in [5.74, 6) is -1.34. The van der Waals surface area contributed by atoms with E-state index < -0.39 is 29.0 Å². The maximum Gasteiger partial charge on any atom is 0.416 e. The number of methoxy groups -OCH3 is 1. The van der Waals surface area contributed by atoms with Gasteiger partial charge in [-0.1, -0.05) is 18.2 Å². The number of imide groups is 1. The lowest BCUT2D eigenvalue weighted by Crippen LogP contribution is -2.47. The van der Waals surface area contributed by atoms with Gasteiger partial charge in [0.05, 0.1) is 17.1 Å². The van der Waals surface area contributed by atoms with Crippen LogP contribution in [0.1, 0.15) is 49.7 Å². The van der Waals surface area contributed by atoms with E-state index >= 15 is 0 Å². The number of likely N-dealkylation sites (tertiary alicyclic amines) is 2. The van der Waals surface area contributed by atoms with Crippen molar-refractivity contribution in [3.8, 4) is 0 Å². The van der Waals surface area contributed by atoms with Crippen LogP contribution in [-0.4, -0.2) is 59.9 Å². The first-order valence-corrected chi connectivity index (χ1v) is 10.5. The highest BCUT2D eigenvalue weighted by atomic mass is 19.4. The summed E-state index contributed by atoms with van der Waals surface area (Å²) in [5, 5.41) is 0. The molecule has 2 atom stereocenters. The van der Waals surface area contributed by atoms with E-state index in [-0.39, 0.29) is 36.5 Å². The van der Waals surface area contributed by atoms with Gasteiger partial charge >= 0.3 is 6.18 Å². The van der Waals surface area contributed by atoms with Crippen molar-refractivity contribution in [3.63, 3.8) is 0 Å². The zero-order chi connectivity index (χ0) is 22.4. The van der Waals surface area contributed by atoms with Gasteiger partial charge in [-0.3, -0.25) is 19.3 Å². The van der Waals surface area contributed by atoms with Gasteiger partial charge in [-0.25, -0.2) is 0 Å². The number of hydrogen-bond acceptors (Lipinski definition) is 4. The summed E-state index contributed by atoms with van der Waals surface area (Å²) in [7, 11) is 1.56. The Morgan fingerprint density at radius 2 is 1.97 bits per heavy atom. The fourth-order valence-electron chi connectivity index (χ4n) is 4.65. The zero-order valence-corrected chi connectivity index (χ0v) is 17.3. The van der Waals surface area contributed by atoms with E-state index in [1.165, 1.54) is 17.0 Å². The van der Waals surface area contributed by atoms with Crippen LogP contribution in [0.3, 0.4) is 0 Å². The number of amides is 3. The van der Waals surface area contributed by atoms with Crippen LogP contribution in [0.25, 0.3) is 0 Å². The van der Waals surface area contributed by atoms with Crippen LogP contribution < -0.4 is 0 Å². The fourth-order valence-corrected chi connectivity index (χ4v) is 4.65. The van der Waals surface area contributed by atoms with Crippen LogP contribution in [0.15, 0.2) is 24.3 Å². The summed E-state index contributed by atoms with van der Waals surface area (Å²) in [5.41, 5.74) is -2.45. The molecule has 1 saturated carbocycles. The highest BCUT2D eigenvalue weighted by Crippen LogP contribution is 2.45. The summed E-state index contributed by atoms with van der Waals surface area (Å²) in [4.78, 5) is 42.1. The van der Waals surface area contributed by atoms with E-state index in [9.17, 15) is 27.6 Å². The third-order valence-corrected chi connectivity index (χ3v) is 6.52. The van der Waals surface area contributed by atoms with E-state index in [0.717, 1.165) is 25.0 Å². The number of ether oxygens (including phenoxy) is 1. The molecule has 0 bridgehead atoms.